The van der Waals surface area contributed by atoms with E-state index in [2.05, 4.69) is 5.10 Å². The van der Waals surface area contributed by atoms with Gasteiger partial charge in [-0.05, 0) is 18.2 Å². The number of benzene rings is 2. The molecule has 2 aromatic carbocycles. The molecular formula is C15H10F2N2. The summed E-state index contributed by atoms with van der Waals surface area (Å²) in [7, 11) is 0. The minimum absolute atomic E-state index is 0.227. The van der Waals surface area contributed by atoms with Crippen molar-refractivity contribution in [1.29, 1.82) is 0 Å². The Balaban J connectivity index is 2.15. The largest absolute Gasteiger partial charge is 0.230 e. The van der Waals surface area contributed by atoms with Crippen molar-refractivity contribution in [2.75, 3.05) is 0 Å². The van der Waals surface area contributed by atoms with Crippen molar-refractivity contribution < 1.29 is 8.78 Å². The van der Waals surface area contributed by atoms with Crippen molar-refractivity contribution >= 4 is 0 Å². The standard InChI is InChI=1S/C15H10F2N2/c16-12-6-7-15(13(17)10-12)19-14(8-9-18-19)11-4-2-1-3-5-11/h1-10H. The molecule has 19 heavy (non-hydrogen) atoms. The van der Waals surface area contributed by atoms with E-state index in [1.165, 1.54) is 16.8 Å². The van der Waals surface area contributed by atoms with Gasteiger partial charge in [0.05, 0.1) is 11.9 Å². The molecule has 3 rings (SSSR count). The van der Waals surface area contributed by atoms with Gasteiger partial charge >= 0.3 is 0 Å². The third kappa shape index (κ3) is 2.12. The van der Waals surface area contributed by atoms with Gasteiger partial charge in [0.15, 0.2) is 5.82 Å². The second-order valence-corrected chi connectivity index (χ2v) is 4.09. The summed E-state index contributed by atoms with van der Waals surface area (Å²) in [5, 5.41) is 4.11. The Morgan fingerprint density at radius 1 is 0.895 bits per heavy atom. The molecule has 0 saturated carbocycles. The molecule has 0 bridgehead atoms. The summed E-state index contributed by atoms with van der Waals surface area (Å²) >= 11 is 0. The van der Waals surface area contributed by atoms with E-state index in [4.69, 9.17) is 0 Å². The van der Waals surface area contributed by atoms with Crippen LogP contribution in [0.3, 0.4) is 0 Å². The summed E-state index contributed by atoms with van der Waals surface area (Å²) in [6.45, 7) is 0. The lowest BCUT2D eigenvalue weighted by atomic mass is 10.1. The summed E-state index contributed by atoms with van der Waals surface area (Å²) in [6, 6.07) is 14.8. The molecule has 1 aromatic heterocycles. The number of hydrogen-bond acceptors (Lipinski definition) is 1. The summed E-state index contributed by atoms with van der Waals surface area (Å²) in [4.78, 5) is 0. The Hall–Kier alpha value is -2.49. The van der Waals surface area contributed by atoms with Crippen LogP contribution < -0.4 is 0 Å². The number of hydrogen-bond donors (Lipinski definition) is 0. The smallest absolute Gasteiger partial charge is 0.151 e. The van der Waals surface area contributed by atoms with E-state index >= 15 is 0 Å². The van der Waals surface area contributed by atoms with Crippen molar-refractivity contribution in [2.45, 2.75) is 0 Å². The summed E-state index contributed by atoms with van der Waals surface area (Å²) < 4.78 is 28.2. The molecule has 0 N–H and O–H groups in total. The maximum atomic E-state index is 13.8. The molecule has 0 amide bonds. The molecule has 3 aromatic rings. The van der Waals surface area contributed by atoms with E-state index in [9.17, 15) is 8.78 Å². The van der Waals surface area contributed by atoms with Crippen LogP contribution in [-0.4, -0.2) is 9.78 Å². The molecule has 0 aliphatic rings. The van der Waals surface area contributed by atoms with E-state index in [0.717, 1.165) is 17.3 Å². The molecular weight excluding hydrogens is 246 g/mol. The molecule has 0 aliphatic heterocycles. The molecule has 1 heterocycles. The van der Waals surface area contributed by atoms with E-state index < -0.39 is 11.6 Å². The van der Waals surface area contributed by atoms with Crippen LogP contribution >= 0.6 is 0 Å². The zero-order chi connectivity index (χ0) is 13.2. The van der Waals surface area contributed by atoms with Crippen LogP contribution in [-0.2, 0) is 0 Å². The van der Waals surface area contributed by atoms with Gasteiger partial charge in [0.25, 0.3) is 0 Å². The second kappa shape index (κ2) is 4.65. The van der Waals surface area contributed by atoms with E-state index in [1.54, 1.807) is 12.3 Å². The van der Waals surface area contributed by atoms with Crippen molar-refractivity contribution in [3.63, 3.8) is 0 Å². The fraction of sp³-hybridized carbons (Fsp3) is 0. The molecule has 2 nitrogen and oxygen atoms in total. The highest BCUT2D eigenvalue weighted by Crippen LogP contribution is 2.23. The van der Waals surface area contributed by atoms with Gasteiger partial charge in [-0.15, -0.1) is 0 Å². The first-order valence-corrected chi connectivity index (χ1v) is 5.80. The third-order valence-corrected chi connectivity index (χ3v) is 2.85. The highest BCUT2D eigenvalue weighted by Gasteiger charge is 2.11. The lowest BCUT2D eigenvalue weighted by Crippen LogP contribution is -2.02. The van der Waals surface area contributed by atoms with E-state index in [-0.39, 0.29) is 5.69 Å². The van der Waals surface area contributed by atoms with Gasteiger partial charge in [-0.2, -0.15) is 5.10 Å². The molecule has 0 atom stereocenters. The molecule has 0 spiro atoms. The van der Waals surface area contributed by atoms with Gasteiger partial charge in [0, 0.05) is 11.6 Å². The fourth-order valence-electron chi connectivity index (χ4n) is 1.98. The molecule has 4 heteroatoms. The Bertz CT molecular complexity index is 705. The van der Waals surface area contributed by atoms with E-state index in [0.29, 0.717) is 0 Å². The van der Waals surface area contributed by atoms with Crippen molar-refractivity contribution in [2.24, 2.45) is 0 Å². The van der Waals surface area contributed by atoms with Crippen LogP contribution in [0.25, 0.3) is 16.9 Å². The van der Waals surface area contributed by atoms with Crippen molar-refractivity contribution in [3.8, 4) is 16.9 Å². The van der Waals surface area contributed by atoms with Crippen LogP contribution in [0, 0.1) is 11.6 Å². The van der Waals surface area contributed by atoms with Gasteiger partial charge in [-0.1, -0.05) is 30.3 Å². The van der Waals surface area contributed by atoms with Crippen LogP contribution in [0.15, 0.2) is 60.8 Å². The zero-order valence-corrected chi connectivity index (χ0v) is 9.92. The number of nitrogens with zero attached hydrogens (tertiary/aromatic N) is 2. The van der Waals surface area contributed by atoms with Gasteiger partial charge in [0.1, 0.15) is 11.5 Å². The Labute approximate surface area is 108 Å². The average Bonchev–Trinajstić information content (AvgIpc) is 2.89. The van der Waals surface area contributed by atoms with Gasteiger partial charge < -0.3 is 0 Å². The third-order valence-electron chi connectivity index (χ3n) is 2.85. The van der Waals surface area contributed by atoms with Crippen molar-refractivity contribution in [3.05, 3.63) is 72.4 Å². The lowest BCUT2D eigenvalue weighted by molar-refractivity contribution is 0.574. The summed E-state index contributed by atoms with van der Waals surface area (Å²) in [5.74, 6) is -1.24. The SMILES string of the molecule is Fc1ccc(-n2nccc2-c2ccccc2)c(F)c1. The molecule has 0 fully saturated rings. The average molecular weight is 256 g/mol. The highest BCUT2D eigenvalue weighted by atomic mass is 19.1. The monoisotopic (exact) mass is 256 g/mol. The van der Waals surface area contributed by atoms with E-state index in [1.807, 2.05) is 30.3 Å². The molecule has 0 aliphatic carbocycles. The Morgan fingerprint density at radius 3 is 2.42 bits per heavy atom. The maximum absolute atomic E-state index is 13.8. The summed E-state index contributed by atoms with van der Waals surface area (Å²) in [5.41, 5.74) is 1.90. The first-order valence-electron chi connectivity index (χ1n) is 5.80. The molecule has 0 unspecified atom stereocenters. The summed E-state index contributed by atoms with van der Waals surface area (Å²) in [6.07, 6.45) is 1.59. The van der Waals surface area contributed by atoms with Crippen LogP contribution in [0.4, 0.5) is 8.78 Å². The number of rotatable bonds is 2. The fourth-order valence-corrected chi connectivity index (χ4v) is 1.98. The van der Waals surface area contributed by atoms with Gasteiger partial charge in [-0.3, -0.25) is 0 Å². The topological polar surface area (TPSA) is 17.8 Å². The normalized spacial score (nSPS) is 10.6. The van der Waals surface area contributed by atoms with Gasteiger partial charge in [-0.25, -0.2) is 13.5 Å². The first-order chi connectivity index (χ1) is 9.25. The number of aromatic nitrogens is 2. The zero-order valence-electron chi connectivity index (χ0n) is 9.92. The minimum atomic E-state index is -0.638. The van der Waals surface area contributed by atoms with Crippen LogP contribution in [0.5, 0.6) is 0 Å². The molecule has 94 valence electrons. The second-order valence-electron chi connectivity index (χ2n) is 4.09. The minimum Gasteiger partial charge on any atom is -0.230 e. The highest BCUT2D eigenvalue weighted by molar-refractivity contribution is 5.61. The predicted molar refractivity (Wildman–Crippen MR) is 68.9 cm³/mol. The maximum Gasteiger partial charge on any atom is 0.151 e. The molecule has 0 radical (unpaired) electrons. The van der Waals surface area contributed by atoms with Crippen LogP contribution in [0.2, 0.25) is 0 Å². The van der Waals surface area contributed by atoms with Crippen molar-refractivity contribution in [1.82, 2.24) is 9.78 Å². The quantitative estimate of drug-likeness (QED) is 0.681. The van der Waals surface area contributed by atoms with Crippen LogP contribution in [0.1, 0.15) is 0 Å². The predicted octanol–water partition coefficient (Wildman–Crippen LogP) is 3.82. The Morgan fingerprint density at radius 2 is 1.68 bits per heavy atom. The number of halogens is 2. The van der Waals surface area contributed by atoms with Gasteiger partial charge in [0.2, 0.25) is 0 Å². The molecule has 0 saturated heterocycles. The Kier molecular flexibility index (Phi) is 2.83. The first kappa shape index (κ1) is 11.6. The lowest BCUT2D eigenvalue weighted by Gasteiger charge is -2.08.